The van der Waals surface area contributed by atoms with Crippen LogP contribution in [-0.4, -0.2) is 96.3 Å². The number of carbonyl (C=O) groups is 3. The van der Waals surface area contributed by atoms with Gasteiger partial charge in [0.25, 0.3) is 5.91 Å². The molecule has 4 aliphatic rings. The second-order valence-corrected chi connectivity index (χ2v) is 11.2. The maximum atomic E-state index is 14.5. The van der Waals surface area contributed by atoms with Crippen LogP contribution in [0.4, 0.5) is 11.4 Å². The van der Waals surface area contributed by atoms with Crippen LogP contribution in [0.25, 0.3) is 0 Å². The van der Waals surface area contributed by atoms with E-state index in [-0.39, 0.29) is 24.3 Å². The van der Waals surface area contributed by atoms with E-state index in [1.54, 1.807) is 21.7 Å². The van der Waals surface area contributed by atoms with Gasteiger partial charge in [-0.15, -0.1) is 0 Å². The summed E-state index contributed by atoms with van der Waals surface area (Å²) in [5.74, 6) is -2.11. The number of aliphatic hydroxyl groups is 1. The molecule has 1 N–H and O–H groups in total. The van der Waals surface area contributed by atoms with Gasteiger partial charge in [-0.05, 0) is 57.4 Å². The largest absolute Gasteiger partial charge is 0.396 e. The third kappa shape index (κ3) is 4.25. The molecule has 0 bridgehead atoms. The first-order valence-electron chi connectivity index (χ1n) is 14.7. The Morgan fingerprint density at radius 2 is 1.62 bits per heavy atom. The van der Waals surface area contributed by atoms with Crippen LogP contribution in [0.3, 0.4) is 0 Å². The van der Waals surface area contributed by atoms with Crippen molar-refractivity contribution in [1.82, 2.24) is 9.80 Å². The molecule has 1 aromatic rings. The number of rotatable bonds is 9. The van der Waals surface area contributed by atoms with Gasteiger partial charge in [0.1, 0.15) is 11.6 Å². The number of fused-ring (bicyclic) bond motifs is 2. The lowest BCUT2D eigenvalue weighted by Crippen LogP contribution is -2.56. The summed E-state index contributed by atoms with van der Waals surface area (Å²) in [5.41, 5.74) is -0.393. The van der Waals surface area contributed by atoms with E-state index < -0.39 is 29.1 Å². The van der Waals surface area contributed by atoms with Gasteiger partial charge in [-0.3, -0.25) is 14.4 Å². The molecule has 1 unspecified atom stereocenters. The smallest absolute Gasteiger partial charge is 0.253 e. The van der Waals surface area contributed by atoms with Crippen LogP contribution in [0.2, 0.25) is 0 Å². The van der Waals surface area contributed by atoms with Gasteiger partial charge in [-0.25, -0.2) is 0 Å². The van der Waals surface area contributed by atoms with Crippen molar-refractivity contribution in [2.24, 2.45) is 11.8 Å². The zero-order valence-corrected chi connectivity index (χ0v) is 24.1. The van der Waals surface area contributed by atoms with E-state index in [0.29, 0.717) is 38.9 Å². The molecule has 5 rings (SSSR count). The minimum Gasteiger partial charge on any atom is -0.396 e. The van der Waals surface area contributed by atoms with Crippen LogP contribution in [0, 0.1) is 11.8 Å². The summed E-state index contributed by atoms with van der Waals surface area (Å²) in [4.78, 5) is 49.8. The molecule has 3 amide bonds. The highest BCUT2D eigenvalue weighted by atomic mass is 16.5. The van der Waals surface area contributed by atoms with Gasteiger partial charge in [-0.1, -0.05) is 31.2 Å². The Balaban J connectivity index is 1.58. The first-order chi connectivity index (χ1) is 19.3. The predicted octanol–water partition coefficient (Wildman–Crippen LogP) is 2.60. The van der Waals surface area contributed by atoms with E-state index in [1.807, 2.05) is 55.5 Å². The van der Waals surface area contributed by atoms with E-state index in [9.17, 15) is 19.5 Å². The van der Waals surface area contributed by atoms with Crippen LogP contribution in [0.5, 0.6) is 0 Å². The fourth-order valence-electron chi connectivity index (χ4n) is 7.18. The summed E-state index contributed by atoms with van der Waals surface area (Å²) < 4.78 is 6.95. The van der Waals surface area contributed by atoms with Crippen molar-refractivity contribution in [1.29, 1.82) is 0 Å². The second-order valence-electron chi connectivity index (χ2n) is 11.2. The maximum absolute atomic E-state index is 14.5. The molecule has 2 fully saturated rings. The summed E-state index contributed by atoms with van der Waals surface area (Å²) in [5, 5.41) is 9.42. The van der Waals surface area contributed by atoms with Crippen LogP contribution in [0.1, 0.15) is 40.0 Å². The van der Waals surface area contributed by atoms with Crippen molar-refractivity contribution in [2.75, 3.05) is 56.2 Å². The summed E-state index contributed by atoms with van der Waals surface area (Å²) in [7, 11) is 1.75. The molecule has 40 heavy (non-hydrogen) atoms. The van der Waals surface area contributed by atoms with Gasteiger partial charge < -0.3 is 29.4 Å². The van der Waals surface area contributed by atoms with Crippen LogP contribution >= 0.6 is 0 Å². The third-order valence-corrected chi connectivity index (χ3v) is 9.24. The number of amides is 3. The van der Waals surface area contributed by atoms with Crippen LogP contribution < -0.4 is 9.80 Å². The highest BCUT2D eigenvalue weighted by Gasteiger charge is 2.75. The number of unbranched alkanes of at least 4 members (excludes halogenated alkanes) is 1. The number of aliphatic hydroxyl groups excluding tert-OH is 1. The van der Waals surface area contributed by atoms with Crippen molar-refractivity contribution in [3.8, 4) is 0 Å². The average molecular weight is 551 g/mol. The number of benzene rings is 1. The molecule has 0 saturated carbocycles. The lowest BCUT2D eigenvalue weighted by Gasteiger charge is -2.38. The zero-order chi connectivity index (χ0) is 28.7. The number of nitrogens with zero attached hydrogens (tertiary/aromatic N) is 4. The predicted molar refractivity (Wildman–Crippen MR) is 154 cm³/mol. The van der Waals surface area contributed by atoms with E-state index in [4.69, 9.17) is 4.74 Å². The summed E-state index contributed by atoms with van der Waals surface area (Å²) in [6.07, 6.45) is 9.26. The quantitative estimate of drug-likeness (QED) is 0.375. The lowest BCUT2D eigenvalue weighted by atomic mass is 9.73. The van der Waals surface area contributed by atoms with E-state index >= 15 is 0 Å². The van der Waals surface area contributed by atoms with Crippen molar-refractivity contribution in [3.63, 3.8) is 0 Å². The van der Waals surface area contributed by atoms with Crippen molar-refractivity contribution in [3.05, 3.63) is 48.6 Å². The number of hydrogen-bond donors (Lipinski definition) is 1. The summed E-state index contributed by atoms with van der Waals surface area (Å²) in [6.45, 7) is 9.07. The van der Waals surface area contributed by atoms with E-state index in [1.165, 1.54) is 0 Å². The molecule has 4 heterocycles. The minimum absolute atomic E-state index is 0.00623. The highest BCUT2D eigenvalue weighted by molar-refractivity contribution is 6.06. The number of ether oxygens (including phenoxy) is 1. The van der Waals surface area contributed by atoms with Gasteiger partial charge >= 0.3 is 0 Å². The fraction of sp³-hybridized carbons (Fsp3) is 0.581. The summed E-state index contributed by atoms with van der Waals surface area (Å²) in [6, 6.07) is 7.05. The zero-order valence-electron chi connectivity index (χ0n) is 24.1. The molecule has 216 valence electrons. The number of anilines is 2. The van der Waals surface area contributed by atoms with Crippen molar-refractivity contribution >= 4 is 29.1 Å². The molecule has 1 aromatic carbocycles. The van der Waals surface area contributed by atoms with Crippen LogP contribution in [-0.2, 0) is 19.1 Å². The van der Waals surface area contributed by atoms with Gasteiger partial charge in [0, 0.05) is 57.8 Å². The molecule has 1 spiro atoms. The van der Waals surface area contributed by atoms with Gasteiger partial charge in [-0.2, -0.15) is 0 Å². The van der Waals surface area contributed by atoms with Crippen LogP contribution in [0.15, 0.2) is 48.6 Å². The first-order valence-corrected chi connectivity index (χ1v) is 14.7. The molecule has 5 atom stereocenters. The minimum atomic E-state index is -1.26. The Labute approximate surface area is 237 Å². The van der Waals surface area contributed by atoms with Crippen molar-refractivity contribution in [2.45, 2.75) is 57.3 Å². The molecule has 0 aliphatic carbocycles. The van der Waals surface area contributed by atoms with Gasteiger partial charge in [0.15, 0.2) is 0 Å². The molecule has 9 heteroatoms. The molecular formula is C31H42N4O5. The first kappa shape index (κ1) is 28.4. The lowest BCUT2D eigenvalue weighted by molar-refractivity contribution is -0.149. The molecule has 0 radical (unpaired) electrons. The summed E-state index contributed by atoms with van der Waals surface area (Å²) >= 11 is 0. The fourth-order valence-corrected chi connectivity index (χ4v) is 7.18. The average Bonchev–Trinajstić information content (AvgIpc) is 3.25. The van der Waals surface area contributed by atoms with E-state index in [0.717, 1.165) is 24.5 Å². The number of hydrogen-bond acceptors (Lipinski definition) is 6. The second kappa shape index (κ2) is 11.0. The Hall–Kier alpha value is -3.17. The van der Waals surface area contributed by atoms with Crippen molar-refractivity contribution < 1.29 is 24.2 Å². The molecule has 4 aliphatic heterocycles. The normalized spacial score (nSPS) is 31.3. The van der Waals surface area contributed by atoms with E-state index in [2.05, 4.69) is 18.7 Å². The third-order valence-electron chi connectivity index (χ3n) is 9.24. The number of carbonyl (C=O) groups excluding carboxylic acids is 3. The molecular weight excluding hydrogens is 508 g/mol. The molecule has 2 saturated heterocycles. The Bertz CT molecular complexity index is 1190. The molecule has 9 nitrogen and oxygen atoms in total. The maximum Gasteiger partial charge on any atom is 0.253 e. The Morgan fingerprint density at radius 1 is 0.925 bits per heavy atom. The Kier molecular flexibility index (Phi) is 7.81. The number of likely N-dealkylation sites (tertiary alicyclic amines) is 1. The SMILES string of the molecule is CCN(CC)c1ccc(N2CC=C[C@]34O[C@@]5(CC)C=CCN(C)C(=O)[C@H]5[C@H]3C(=O)N(CCCCO)C4C2=O)cc1. The Morgan fingerprint density at radius 3 is 2.27 bits per heavy atom. The topological polar surface area (TPSA) is 93.6 Å². The van der Waals surface area contributed by atoms with Gasteiger partial charge in [0.2, 0.25) is 11.8 Å². The highest BCUT2D eigenvalue weighted by Crippen LogP contribution is 2.58. The standard InChI is InChI=1S/C31H42N4O5/c1-5-30-16-10-18-32(4)27(37)24(30)25-28(38)35(19-8-9-21-36)26-29(39)34(20-11-17-31(25,26)40-30)23-14-12-22(13-15-23)33(6-2)7-3/h10-17,24-26,36H,5-9,18-21H2,1-4H3/t24-,25+,26?,30+,31+/m1/s1. The van der Waals surface area contributed by atoms with Gasteiger partial charge in [0.05, 0.1) is 17.4 Å². The monoisotopic (exact) mass is 550 g/mol. The number of likely N-dealkylation sites (N-methyl/N-ethyl adjacent to an activating group) is 1. The molecule has 0 aromatic heterocycles.